The molecule has 0 saturated carbocycles. The van der Waals surface area contributed by atoms with Gasteiger partial charge in [0.05, 0.1) is 0 Å². The van der Waals surface area contributed by atoms with Gasteiger partial charge < -0.3 is 0 Å². The van der Waals surface area contributed by atoms with Gasteiger partial charge in [-0.15, -0.1) is 71.0 Å². The zero-order valence-electron chi connectivity index (χ0n) is 39.7. The Hall–Kier alpha value is -4.13. The van der Waals surface area contributed by atoms with Crippen LogP contribution in [-0.2, 0) is 43.9 Å². The Labute approximate surface area is 403 Å². The van der Waals surface area contributed by atoms with Crippen molar-refractivity contribution in [2.24, 2.45) is 0 Å². The van der Waals surface area contributed by atoms with Crippen LogP contribution >= 0.6 is 24.8 Å². The van der Waals surface area contributed by atoms with E-state index in [-0.39, 0.29) is 46.5 Å². The Morgan fingerprint density at radius 2 is 0.778 bits per heavy atom. The van der Waals surface area contributed by atoms with E-state index in [4.69, 9.17) is 0 Å². The van der Waals surface area contributed by atoms with Gasteiger partial charge in [0.25, 0.3) is 0 Å². The minimum absolute atomic E-state index is 0. The van der Waals surface area contributed by atoms with Crippen LogP contribution in [0.15, 0.2) is 158 Å². The molecule has 0 unspecified atom stereocenters. The second-order valence-corrected chi connectivity index (χ2v) is 22.8. The van der Waals surface area contributed by atoms with E-state index >= 15 is 0 Å². The monoisotopic (exact) mass is 948 g/mol. The Bertz CT molecular complexity index is 2490. The molecule has 0 bridgehead atoms. The Morgan fingerprint density at radius 3 is 1.06 bits per heavy atom. The first kappa shape index (κ1) is 51.5. The number of fused-ring (bicyclic) bond motifs is 3. The van der Waals surface area contributed by atoms with Crippen molar-refractivity contribution < 1.29 is 22.3 Å². The van der Waals surface area contributed by atoms with Gasteiger partial charge >= 0.3 is 172 Å². The summed E-state index contributed by atoms with van der Waals surface area (Å²) in [5.74, 6) is 0. The summed E-state index contributed by atoms with van der Waals surface area (Å²) in [6, 6.07) is 51.2. The van der Waals surface area contributed by atoms with Crippen molar-refractivity contribution in [2.75, 3.05) is 0 Å². The molecule has 0 atom stereocenters. The second-order valence-electron chi connectivity index (χ2n) is 20.5. The number of halogens is 2. The van der Waals surface area contributed by atoms with E-state index < -0.39 is 22.3 Å². The van der Waals surface area contributed by atoms with Crippen molar-refractivity contribution >= 4 is 53.8 Å². The number of benzene rings is 6. The Balaban J connectivity index is 0.000000242. The molecule has 0 aliphatic heterocycles. The molecule has 0 radical (unpaired) electrons. The molecule has 328 valence electrons. The molecule has 0 saturated heterocycles. The van der Waals surface area contributed by atoms with Gasteiger partial charge in [0, 0.05) is 0 Å². The van der Waals surface area contributed by atoms with Crippen LogP contribution in [-0.4, -0.2) is 7.42 Å². The SMILES string of the molecule is CC(C)(C)c1cc2[cH-]c3cc(C(C)(C)C)c(C(C)(C)C)cc3c2cc1C(C)(C)C.Cl.Cl.[C-]1=CC=CC1.[CH](=[Zr]=[CH]c1ccc(-c2ccccc2)cc1)c1ccc(-c2ccccc2)cc1. The van der Waals surface area contributed by atoms with Gasteiger partial charge in [0.1, 0.15) is 0 Å². The zero-order valence-corrected chi connectivity index (χ0v) is 43.8. The fourth-order valence-corrected chi connectivity index (χ4v) is 10.1. The first-order valence-electron chi connectivity index (χ1n) is 22.0. The number of hydrogen-bond donors (Lipinski definition) is 0. The van der Waals surface area contributed by atoms with Gasteiger partial charge in [-0.2, -0.15) is 6.08 Å². The third-order valence-electron chi connectivity index (χ3n) is 11.3. The first-order chi connectivity index (χ1) is 28.8. The van der Waals surface area contributed by atoms with Crippen molar-refractivity contribution in [3.8, 4) is 22.3 Å². The summed E-state index contributed by atoms with van der Waals surface area (Å²) < 4.78 is 4.87. The van der Waals surface area contributed by atoms with Gasteiger partial charge in [0.2, 0.25) is 0 Å². The fraction of sp³-hybridized carbons (Fsp3) is 0.283. The molecule has 0 fully saturated rings. The molecule has 63 heavy (non-hydrogen) atoms. The van der Waals surface area contributed by atoms with E-state index in [1.165, 1.54) is 77.2 Å². The third kappa shape index (κ3) is 13.7. The average Bonchev–Trinajstić information content (AvgIpc) is 3.92. The minimum atomic E-state index is -0.679. The summed E-state index contributed by atoms with van der Waals surface area (Å²) in [5, 5.41) is 5.57. The summed E-state index contributed by atoms with van der Waals surface area (Å²) in [7, 11) is 0. The van der Waals surface area contributed by atoms with E-state index in [9.17, 15) is 0 Å². The average molecular weight is 951 g/mol. The molecular weight excluding hydrogens is 883 g/mol. The van der Waals surface area contributed by atoms with Gasteiger partial charge in [0.15, 0.2) is 0 Å². The third-order valence-corrected chi connectivity index (χ3v) is 13.8. The van der Waals surface area contributed by atoms with Gasteiger partial charge in [-0.05, 0) is 21.7 Å². The van der Waals surface area contributed by atoms with E-state index in [0.717, 1.165) is 6.42 Å². The number of rotatable bonds is 4. The molecule has 0 spiro atoms. The van der Waals surface area contributed by atoms with Crippen LogP contribution in [0.25, 0.3) is 43.8 Å². The Kier molecular flexibility index (Phi) is 17.7. The van der Waals surface area contributed by atoms with Crippen LogP contribution in [0.5, 0.6) is 0 Å². The molecule has 3 heteroatoms. The first-order valence-corrected chi connectivity index (χ1v) is 24.8. The summed E-state index contributed by atoms with van der Waals surface area (Å²) >= 11 is -0.679. The van der Waals surface area contributed by atoms with Crippen molar-refractivity contribution in [2.45, 2.75) is 111 Å². The van der Waals surface area contributed by atoms with Crippen LogP contribution < -0.4 is 0 Å². The topological polar surface area (TPSA) is 0 Å². The molecule has 7 aromatic rings. The molecule has 0 N–H and O–H groups in total. The predicted molar refractivity (Wildman–Crippen MR) is 282 cm³/mol. The predicted octanol–water partition coefficient (Wildman–Crippen LogP) is 17.2. The summed E-state index contributed by atoms with van der Waals surface area (Å²) in [4.78, 5) is 0. The number of allylic oxidation sites excluding steroid dienone is 4. The number of hydrogen-bond acceptors (Lipinski definition) is 0. The van der Waals surface area contributed by atoms with E-state index in [1.807, 2.05) is 12.2 Å². The summed E-state index contributed by atoms with van der Waals surface area (Å²) in [5.41, 5.74) is 14.2. The van der Waals surface area contributed by atoms with Crippen molar-refractivity contribution in [3.63, 3.8) is 0 Å². The summed E-state index contributed by atoms with van der Waals surface area (Å²) in [6.45, 7) is 28.0. The van der Waals surface area contributed by atoms with Gasteiger partial charge in [-0.3, -0.25) is 6.08 Å². The van der Waals surface area contributed by atoms with Gasteiger partial charge in [-0.1, -0.05) is 117 Å². The van der Waals surface area contributed by atoms with Crippen LogP contribution in [0.4, 0.5) is 0 Å². The van der Waals surface area contributed by atoms with E-state index in [0.29, 0.717) is 0 Å². The summed E-state index contributed by atoms with van der Waals surface area (Å²) in [6.07, 6.45) is 10.0. The van der Waals surface area contributed by atoms with Crippen LogP contribution in [0, 0.1) is 6.08 Å². The molecule has 8 rings (SSSR count). The maximum atomic E-state index is 2.99. The van der Waals surface area contributed by atoms with Crippen molar-refractivity contribution in [1.29, 1.82) is 0 Å². The molecule has 1 aliphatic rings. The molecule has 7 aromatic carbocycles. The molecular formula is C60H68Cl2Zr-2. The molecule has 1 aliphatic carbocycles. The Morgan fingerprint density at radius 1 is 0.444 bits per heavy atom. The van der Waals surface area contributed by atoms with Crippen molar-refractivity contribution in [1.82, 2.24) is 0 Å². The zero-order chi connectivity index (χ0) is 44.0. The fourth-order valence-electron chi connectivity index (χ4n) is 7.97. The normalized spacial score (nSPS) is 12.3. The van der Waals surface area contributed by atoms with E-state index in [2.05, 4.69) is 242 Å². The molecule has 0 nitrogen and oxygen atoms in total. The van der Waals surface area contributed by atoms with Crippen LogP contribution in [0.1, 0.15) is 123 Å². The maximum absolute atomic E-state index is 2.99. The standard InChI is InChI=1S/C29H41.2C13H10.C5H5.2ClH.Zr/c1-26(2,3)22-14-18-13-19-15-23(27(4,5)6)25(29(10,11)12)17-21(19)20(18)16-24(22)28(7,8)9;2*1-11-7-9-13(10-8-11)12-5-3-2-4-6-12;1-2-4-5-3-1;;;/h13-17H,1-12H3;2*1-10H;1-3H,4H2;2*1H;/q-1;;;-1;;;. The second kappa shape index (κ2) is 21.7. The van der Waals surface area contributed by atoms with E-state index in [1.54, 1.807) is 0 Å². The molecule has 0 heterocycles. The van der Waals surface area contributed by atoms with Crippen LogP contribution in [0.2, 0.25) is 0 Å². The molecule has 0 amide bonds. The quantitative estimate of drug-likeness (QED) is 0.154. The van der Waals surface area contributed by atoms with Crippen molar-refractivity contribution in [3.05, 3.63) is 197 Å². The van der Waals surface area contributed by atoms with Gasteiger partial charge in [-0.25, -0.2) is 12.2 Å². The van der Waals surface area contributed by atoms with Crippen LogP contribution in [0.3, 0.4) is 0 Å². The molecule has 0 aromatic heterocycles.